The molecule has 1 rings (SSSR count). The van der Waals surface area contributed by atoms with E-state index in [9.17, 15) is 0 Å². The quantitative estimate of drug-likeness (QED) is 0.796. The minimum atomic E-state index is 0.162. The fourth-order valence-electron chi connectivity index (χ4n) is 1.41. The second kappa shape index (κ2) is 7.44. The molecule has 90 valence electrons. The van der Waals surface area contributed by atoms with Gasteiger partial charge in [0.2, 0.25) is 0 Å². The number of rotatable bonds is 6. The molecule has 4 heteroatoms. The van der Waals surface area contributed by atoms with Crippen molar-refractivity contribution in [1.82, 2.24) is 0 Å². The molecule has 1 atom stereocenters. The SMILES string of the molecule is CCCSCC(N)Cc1ccc(Cl)cc1Cl. The zero-order valence-corrected chi connectivity index (χ0v) is 11.7. The zero-order chi connectivity index (χ0) is 12.0. The van der Waals surface area contributed by atoms with E-state index in [0.717, 1.165) is 17.7 Å². The van der Waals surface area contributed by atoms with E-state index in [-0.39, 0.29) is 6.04 Å². The highest BCUT2D eigenvalue weighted by molar-refractivity contribution is 7.99. The standard InChI is InChI=1S/C12H17Cl2NS/c1-2-5-16-8-11(15)6-9-3-4-10(13)7-12(9)14/h3-4,7,11H,2,5-6,8,15H2,1H3. The molecule has 1 unspecified atom stereocenters. The van der Waals surface area contributed by atoms with Gasteiger partial charge < -0.3 is 5.73 Å². The van der Waals surface area contributed by atoms with E-state index in [0.29, 0.717) is 10.0 Å². The van der Waals surface area contributed by atoms with Crippen molar-refractivity contribution in [3.8, 4) is 0 Å². The molecule has 0 aliphatic heterocycles. The van der Waals surface area contributed by atoms with Crippen LogP contribution in [0.15, 0.2) is 18.2 Å². The van der Waals surface area contributed by atoms with E-state index in [1.54, 1.807) is 6.07 Å². The normalized spacial score (nSPS) is 12.8. The van der Waals surface area contributed by atoms with Gasteiger partial charge in [-0.1, -0.05) is 36.2 Å². The van der Waals surface area contributed by atoms with Crippen LogP contribution in [0.1, 0.15) is 18.9 Å². The molecule has 1 aromatic rings. The molecule has 0 aliphatic rings. The first-order valence-electron chi connectivity index (χ1n) is 5.40. The maximum atomic E-state index is 6.09. The molecule has 1 nitrogen and oxygen atoms in total. The molecule has 0 bridgehead atoms. The summed E-state index contributed by atoms with van der Waals surface area (Å²) in [6.45, 7) is 2.18. The van der Waals surface area contributed by atoms with Crippen molar-refractivity contribution in [2.24, 2.45) is 5.73 Å². The Morgan fingerprint density at radius 2 is 2.12 bits per heavy atom. The Bertz CT molecular complexity index is 331. The summed E-state index contributed by atoms with van der Waals surface area (Å²) in [5.74, 6) is 2.15. The van der Waals surface area contributed by atoms with Gasteiger partial charge >= 0.3 is 0 Å². The van der Waals surface area contributed by atoms with Crippen LogP contribution in [-0.4, -0.2) is 17.5 Å². The molecule has 0 heterocycles. The summed E-state index contributed by atoms with van der Waals surface area (Å²) in [6, 6.07) is 5.74. The highest BCUT2D eigenvalue weighted by Crippen LogP contribution is 2.22. The average Bonchev–Trinajstić information content (AvgIpc) is 2.23. The van der Waals surface area contributed by atoms with E-state index in [2.05, 4.69) is 6.92 Å². The zero-order valence-electron chi connectivity index (χ0n) is 9.38. The smallest absolute Gasteiger partial charge is 0.0453 e. The lowest BCUT2D eigenvalue weighted by Gasteiger charge is -2.12. The highest BCUT2D eigenvalue weighted by Gasteiger charge is 2.07. The molecular weight excluding hydrogens is 261 g/mol. The van der Waals surface area contributed by atoms with Crippen LogP contribution in [0.5, 0.6) is 0 Å². The van der Waals surface area contributed by atoms with Crippen LogP contribution in [0.2, 0.25) is 10.0 Å². The second-order valence-corrected chi connectivity index (χ2v) is 5.77. The van der Waals surface area contributed by atoms with E-state index >= 15 is 0 Å². The predicted octanol–water partition coefficient (Wildman–Crippen LogP) is 4.01. The molecular formula is C12H17Cl2NS. The Hall–Kier alpha value is 0.110. The highest BCUT2D eigenvalue weighted by atomic mass is 35.5. The summed E-state index contributed by atoms with van der Waals surface area (Å²) in [4.78, 5) is 0. The van der Waals surface area contributed by atoms with Gasteiger partial charge in [0, 0.05) is 21.8 Å². The summed E-state index contributed by atoms with van der Waals surface area (Å²) in [5.41, 5.74) is 7.12. The van der Waals surface area contributed by atoms with E-state index in [1.165, 1.54) is 12.2 Å². The Morgan fingerprint density at radius 1 is 1.38 bits per heavy atom. The molecule has 0 spiro atoms. The van der Waals surface area contributed by atoms with Crippen LogP contribution in [-0.2, 0) is 6.42 Å². The van der Waals surface area contributed by atoms with Crippen molar-refractivity contribution in [2.75, 3.05) is 11.5 Å². The summed E-state index contributed by atoms with van der Waals surface area (Å²) in [6.07, 6.45) is 2.01. The number of hydrogen-bond acceptors (Lipinski definition) is 2. The van der Waals surface area contributed by atoms with Crippen LogP contribution in [0.4, 0.5) is 0 Å². The Balaban J connectivity index is 2.46. The van der Waals surface area contributed by atoms with Crippen LogP contribution < -0.4 is 5.73 Å². The van der Waals surface area contributed by atoms with Gasteiger partial charge in [-0.2, -0.15) is 11.8 Å². The first kappa shape index (κ1) is 14.2. The summed E-state index contributed by atoms with van der Waals surface area (Å²) < 4.78 is 0. The van der Waals surface area contributed by atoms with Gasteiger partial charge in [-0.25, -0.2) is 0 Å². The maximum absolute atomic E-state index is 6.09. The third-order valence-electron chi connectivity index (χ3n) is 2.18. The predicted molar refractivity (Wildman–Crippen MR) is 75.8 cm³/mol. The molecule has 0 aliphatic carbocycles. The molecule has 2 N–H and O–H groups in total. The van der Waals surface area contributed by atoms with Gasteiger partial charge in [-0.3, -0.25) is 0 Å². The third kappa shape index (κ3) is 4.96. The fourth-order valence-corrected chi connectivity index (χ4v) is 2.77. The molecule has 0 radical (unpaired) electrons. The van der Waals surface area contributed by atoms with Gasteiger partial charge in [0.15, 0.2) is 0 Å². The van der Waals surface area contributed by atoms with Gasteiger partial charge in [-0.05, 0) is 36.3 Å². The monoisotopic (exact) mass is 277 g/mol. The molecule has 0 aromatic heterocycles. The fraction of sp³-hybridized carbons (Fsp3) is 0.500. The van der Waals surface area contributed by atoms with Crippen molar-refractivity contribution in [3.63, 3.8) is 0 Å². The summed E-state index contributed by atoms with van der Waals surface area (Å²) >= 11 is 13.8. The number of halogens is 2. The summed E-state index contributed by atoms with van der Waals surface area (Å²) in [7, 11) is 0. The van der Waals surface area contributed by atoms with Crippen LogP contribution in [0, 0.1) is 0 Å². The first-order valence-corrected chi connectivity index (χ1v) is 7.31. The minimum Gasteiger partial charge on any atom is -0.327 e. The minimum absolute atomic E-state index is 0.162. The lowest BCUT2D eigenvalue weighted by molar-refractivity contribution is 0.748. The molecule has 1 aromatic carbocycles. The van der Waals surface area contributed by atoms with Crippen LogP contribution in [0.3, 0.4) is 0 Å². The molecule has 0 amide bonds. The average molecular weight is 278 g/mol. The topological polar surface area (TPSA) is 26.0 Å². The number of hydrogen-bond donors (Lipinski definition) is 1. The van der Waals surface area contributed by atoms with Gasteiger partial charge in [-0.15, -0.1) is 0 Å². The van der Waals surface area contributed by atoms with Gasteiger partial charge in [0.05, 0.1) is 0 Å². The summed E-state index contributed by atoms with van der Waals surface area (Å²) in [5, 5.41) is 1.38. The van der Waals surface area contributed by atoms with E-state index < -0.39 is 0 Å². The van der Waals surface area contributed by atoms with Crippen molar-refractivity contribution < 1.29 is 0 Å². The van der Waals surface area contributed by atoms with Crippen LogP contribution >= 0.6 is 35.0 Å². The number of thioether (sulfide) groups is 1. The van der Waals surface area contributed by atoms with Crippen molar-refractivity contribution >= 4 is 35.0 Å². The van der Waals surface area contributed by atoms with E-state index in [1.807, 2.05) is 23.9 Å². The van der Waals surface area contributed by atoms with Gasteiger partial charge in [0.25, 0.3) is 0 Å². The molecule has 0 saturated heterocycles. The molecule has 16 heavy (non-hydrogen) atoms. The van der Waals surface area contributed by atoms with Crippen molar-refractivity contribution in [2.45, 2.75) is 25.8 Å². The molecule has 0 fully saturated rings. The van der Waals surface area contributed by atoms with Crippen molar-refractivity contribution in [3.05, 3.63) is 33.8 Å². The van der Waals surface area contributed by atoms with Crippen LogP contribution in [0.25, 0.3) is 0 Å². The van der Waals surface area contributed by atoms with Crippen molar-refractivity contribution in [1.29, 1.82) is 0 Å². The number of benzene rings is 1. The Kier molecular flexibility index (Phi) is 6.59. The Morgan fingerprint density at radius 3 is 2.75 bits per heavy atom. The second-order valence-electron chi connectivity index (χ2n) is 3.77. The largest absolute Gasteiger partial charge is 0.327 e. The van der Waals surface area contributed by atoms with E-state index in [4.69, 9.17) is 28.9 Å². The molecule has 0 saturated carbocycles. The van der Waals surface area contributed by atoms with Gasteiger partial charge in [0.1, 0.15) is 0 Å². The lowest BCUT2D eigenvalue weighted by atomic mass is 10.1. The maximum Gasteiger partial charge on any atom is 0.0453 e. The third-order valence-corrected chi connectivity index (χ3v) is 4.13. The lowest BCUT2D eigenvalue weighted by Crippen LogP contribution is -2.25. The Labute approximate surface area is 112 Å². The number of nitrogens with two attached hydrogens (primary N) is 1. The first-order chi connectivity index (χ1) is 7.63.